The predicted molar refractivity (Wildman–Crippen MR) is 451 cm³/mol. The van der Waals surface area contributed by atoms with Gasteiger partial charge in [-0.3, -0.25) is 0 Å². The molecule has 107 heavy (non-hydrogen) atoms. The van der Waals surface area contributed by atoms with Crippen LogP contribution in [0.4, 0.5) is 73.9 Å². The van der Waals surface area contributed by atoms with Crippen molar-refractivity contribution in [2.24, 2.45) is 11.8 Å². The highest BCUT2D eigenvalue weighted by atomic mass is 15.3. The number of piperidine rings is 2. The molecule has 0 amide bonds. The van der Waals surface area contributed by atoms with Gasteiger partial charge in [-0.1, -0.05) is 273 Å². The maximum atomic E-state index is 2.94. The van der Waals surface area contributed by atoms with Crippen LogP contribution in [0.15, 0.2) is 352 Å². The highest BCUT2D eigenvalue weighted by Crippen LogP contribution is 2.57. The second-order valence-corrected chi connectivity index (χ2v) is 30.6. The van der Waals surface area contributed by atoms with E-state index in [-0.39, 0.29) is 13.4 Å². The Morgan fingerprint density at radius 1 is 0.234 bits per heavy atom. The fourth-order valence-electron chi connectivity index (χ4n) is 21.0. The van der Waals surface area contributed by atoms with E-state index in [1.165, 1.54) is 149 Å². The van der Waals surface area contributed by atoms with Crippen molar-refractivity contribution >= 4 is 142 Å². The summed E-state index contributed by atoms with van der Waals surface area (Å²) in [5.74, 6) is 1.58. The van der Waals surface area contributed by atoms with Gasteiger partial charge < -0.3 is 29.1 Å². The molecule has 8 heteroatoms. The first-order chi connectivity index (χ1) is 53.1. The number of anilines is 13. The van der Waals surface area contributed by atoms with E-state index in [9.17, 15) is 0 Å². The van der Waals surface area contributed by atoms with Gasteiger partial charge in [-0.15, -0.1) is 0 Å². The molecule has 8 aliphatic rings. The summed E-state index contributed by atoms with van der Waals surface area (Å²) < 4.78 is 2.54. The summed E-state index contributed by atoms with van der Waals surface area (Å²) in [6.45, 7) is -0.411. The molecule has 2 saturated carbocycles. The molecule has 0 unspecified atom stereocenters. The zero-order valence-corrected chi connectivity index (χ0v) is 59.2. The fraction of sp³-hybridized carbons (Fsp3) is 0.0909. The number of aromatic nitrogens is 1. The lowest BCUT2D eigenvalue weighted by Gasteiger charge is -2.58. The Morgan fingerprint density at radius 3 is 1.01 bits per heavy atom. The first-order valence-corrected chi connectivity index (χ1v) is 38.4. The summed E-state index contributed by atoms with van der Waals surface area (Å²) in [6, 6.07) is 135. The number of rotatable bonds is 10. The van der Waals surface area contributed by atoms with Crippen molar-refractivity contribution in [3.05, 3.63) is 352 Å². The van der Waals surface area contributed by atoms with Crippen LogP contribution >= 0.6 is 0 Å². The Hall–Kier alpha value is -12.8. The summed E-state index contributed by atoms with van der Waals surface area (Å²) in [4.78, 5) is 13.7. The molecule has 2 aliphatic carbocycles. The number of fused-ring (bicyclic) bond motifs is 11. The van der Waals surface area contributed by atoms with Gasteiger partial charge in [0.2, 0.25) is 0 Å². The quantitative estimate of drug-likeness (QED) is 0.127. The lowest BCUT2D eigenvalue weighted by atomic mass is 9.30. The number of benzene rings is 15. The summed E-state index contributed by atoms with van der Waals surface area (Å²) in [5.41, 5.74) is 35.8. The van der Waals surface area contributed by atoms with Gasteiger partial charge in [0.15, 0.2) is 0 Å². The zero-order chi connectivity index (χ0) is 70.0. The molecule has 1 aromatic heterocycles. The minimum Gasteiger partial charge on any atom is -0.365 e. The maximum Gasteiger partial charge on any atom is 0.252 e. The number of para-hydroxylation sites is 8. The molecule has 16 aromatic rings. The summed E-state index contributed by atoms with van der Waals surface area (Å²) >= 11 is 0. The Labute approximate surface area is 625 Å². The fourth-order valence-corrected chi connectivity index (χ4v) is 21.0. The van der Waals surface area contributed by atoms with Gasteiger partial charge in [0.1, 0.15) is 0 Å². The molecule has 4 bridgehead atoms. The molecule has 24 rings (SSSR count). The average molecular weight is 1370 g/mol. The molecule has 6 aliphatic heterocycles. The first-order valence-electron chi connectivity index (χ1n) is 38.4. The molecule has 15 aromatic carbocycles. The van der Waals surface area contributed by atoms with Gasteiger partial charge in [-0.05, 0) is 178 Å². The lowest BCUT2D eigenvalue weighted by Crippen LogP contribution is -2.65. The minimum atomic E-state index is -0.219. The van der Waals surface area contributed by atoms with E-state index in [4.69, 9.17) is 0 Å². The van der Waals surface area contributed by atoms with Crippen LogP contribution in [0.1, 0.15) is 32.1 Å². The standard InChI is InChI=1S/C99H72B2N6/c1-7-29-66(30-8-1)76-43-27-44-77(67-31-9-2-10-32-67)98(76)106-89-52-26-22-48-83(89)101-84-62-85-91(63-90(84)104(71-39-17-6-18-40-71)93-58-74(59-94(106)97(93)101)102-72-54-64-53-65(56-72)57-73(102)55-64)107(99-78(68-33-11-3-12-34-68)45-28-46-79(99)69-35-13-4-14-36-69)95-61-75(105-86-49-23-19-41-80(86)81-42-20-24-50-87(81)105)60-92-96(95)100(85)82-47-21-25-51-88(82)103(92)70-37-15-5-16-38-70/h1-52,58-65,72-73H,53-57H2. The van der Waals surface area contributed by atoms with Gasteiger partial charge >= 0.3 is 0 Å². The van der Waals surface area contributed by atoms with E-state index < -0.39 is 0 Å². The molecule has 0 N–H and O–H groups in total. The Kier molecular flexibility index (Phi) is 13.5. The van der Waals surface area contributed by atoms with Gasteiger partial charge in [-0.2, -0.15) is 0 Å². The van der Waals surface area contributed by atoms with Gasteiger partial charge in [0.05, 0.1) is 28.1 Å². The third-order valence-corrected chi connectivity index (χ3v) is 24.9. The molecule has 0 atom stereocenters. The molecule has 2 saturated heterocycles. The van der Waals surface area contributed by atoms with Crippen molar-refractivity contribution in [3.8, 4) is 50.2 Å². The average Bonchev–Trinajstić information content (AvgIpc) is 0.790. The van der Waals surface area contributed by atoms with Crippen LogP contribution in [0.25, 0.3) is 72.0 Å². The molecule has 6 nitrogen and oxygen atoms in total. The molecule has 4 fully saturated rings. The highest BCUT2D eigenvalue weighted by Gasteiger charge is 2.52. The van der Waals surface area contributed by atoms with Gasteiger partial charge in [0.25, 0.3) is 13.4 Å². The van der Waals surface area contributed by atoms with E-state index in [1.807, 2.05) is 0 Å². The number of hydrogen-bond donors (Lipinski definition) is 0. The van der Waals surface area contributed by atoms with E-state index in [0.29, 0.717) is 12.1 Å². The molecule has 504 valence electrons. The highest BCUT2D eigenvalue weighted by molar-refractivity contribution is 7.03. The van der Waals surface area contributed by atoms with E-state index in [0.717, 1.165) is 73.9 Å². The molecular weight excluding hydrogens is 1290 g/mol. The summed E-state index contributed by atoms with van der Waals surface area (Å²) in [6.07, 6.45) is 6.39. The SMILES string of the molecule is c1ccc(-c2cccc(-c3ccccc3)c2N2c3ccccc3B3c4cc5c(cc4N(c4ccccc4)c4cc(N6C7CC8CC(C7)CC6C8)cc2c43)N(c2c(-c3ccccc3)cccc2-c2ccccc2)c2cc(-n3c4ccccc4c4ccccc43)cc3c2B5c2ccccc2N3c2ccccc2)cc1. The maximum absolute atomic E-state index is 2.94. The molecule has 0 radical (unpaired) electrons. The van der Waals surface area contributed by atoms with Gasteiger partial charge in [0, 0.05) is 108 Å². The van der Waals surface area contributed by atoms with Gasteiger partial charge in [-0.25, -0.2) is 0 Å². The third kappa shape index (κ3) is 9.15. The van der Waals surface area contributed by atoms with Crippen LogP contribution < -0.4 is 57.3 Å². The van der Waals surface area contributed by atoms with Crippen molar-refractivity contribution in [2.75, 3.05) is 24.5 Å². The topological polar surface area (TPSA) is 21.1 Å². The van der Waals surface area contributed by atoms with Crippen molar-refractivity contribution in [1.29, 1.82) is 0 Å². The predicted octanol–water partition coefficient (Wildman–Crippen LogP) is 21.4. The minimum absolute atomic E-state index is 0.192. The third-order valence-electron chi connectivity index (χ3n) is 24.9. The Bertz CT molecular complexity index is 6070. The van der Waals surface area contributed by atoms with Crippen LogP contribution in [0, 0.1) is 11.8 Å². The van der Waals surface area contributed by atoms with E-state index >= 15 is 0 Å². The Morgan fingerprint density at radius 2 is 0.570 bits per heavy atom. The number of hydrogen-bond acceptors (Lipinski definition) is 5. The smallest absolute Gasteiger partial charge is 0.252 e. The zero-order valence-electron chi connectivity index (χ0n) is 59.2. The van der Waals surface area contributed by atoms with Crippen LogP contribution in [0.5, 0.6) is 0 Å². The van der Waals surface area contributed by atoms with E-state index in [1.54, 1.807) is 0 Å². The van der Waals surface area contributed by atoms with E-state index in [2.05, 4.69) is 381 Å². The Balaban J connectivity index is 0.872. The second kappa shape index (κ2) is 23.9. The summed E-state index contributed by atoms with van der Waals surface area (Å²) in [7, 11) is 0. The van der Waals surface area contributed by atoms with Crippen LogP contribution in [-0.4, -0.2) is 30.1 Å². The molecule has 7 heterocycles. The van der Waals surface area contributed by atoms with Crippen LogP contribution in [0.2, 0.25) is 0 Å². The normalized spacial score (nSPS) is 17.4. The molecular formula is C99H72B2N6. The van der Waals surface area contributed by atoms with Crippen LogP contribution in [0.3, 0.4) is 0 Å². The lowest BCUT2D eigenvalue weighted by molar-refractivity contribution is 0.0900. The van der Waals surface area contributed by atoms with Crippen molar-refractivity contribution in [3.63, 3.8) is 0 Å². The largest absolute Gasteiger partial charge is 0.365 e. The van der Waals surface area contributed by atoms with Crippen molar-refractivity contribution < 1.29 is 0 Å². The van der Waals surface area contributed by atoms with Crippen LogP contribution in [-0.2, 0) is 0 Å². The first kappa shape index (κ1) is 60.6. The molecule has 0 spiro atoms. The monoisotopic (exact) mass is 1370 g/mol. The second-order valence-electron chi connectivity index (χ2n) is 30.6. The van der Waals surface area contributed by atoms with Crippen molar-refractivity contribution in [2.45, 2.75) is 44.2 Å². The van der Waals surface area contributed by atoms with Crippen molar-refractivity contribution in [1.82, 2.24) is 4.57 Å². The number of nitrogens with zero attached hydrogens (tertiary/aromatic N) is 6. The summed E-state index contributed by atoms with van der Waals surface area (Å²) in [5, 5.41) is 2.45.